The molecule has 0 saturated carbocycles. The normalized spacial score (nSPS) is 11.8. The van der Waals surface area contributed by atoms with E-state index in [1.165, 1.54) is 12.1 Å². The second kappa shape index (κ2) is 4.66. The third kappa shape index (κ3) is 2.26. The number of carbonyl (C=O) groups excluding carboxylic acids is 1. The lowest BCUT2D eigenvalue weighted by Crippen LogP contribution is -2.24. The minimum atomic E-state index is -5.12. The molecule has 1 aromatic heterocycles. The molecule has 1 heterocycles. The number of alkyl halides is 3. The van der Waals surface area contributed by atoms with Crippen LogP contribution in [0.1, 0.15) is 33.3 Å². The lowest BCUT2D eigenvalue weighted by atomic mass is 10.0. The average molecular weight is 285 g/mol. The van der Waals surface area contributed by atoms with E-state index in [1.54, 1.807) is 13.0 Å². The van der Waals surface area contributed by atoms with Gasteiger partial charge in [-0.3, -0.25) is 4.79 Å². The van der Waals surface area contributed by atoms with Gasteiger partial charge in [0.25, 0.3) is 5.78 Å². The highest BCUT2D eigenvalue weighted by molar-refractivity contribution is 6.16. The van der Waals surface area contributed by atoms with E-state index in [2.05, 4.69) is 4.98 Å². The Morgan fingerprint density at radius 3 is 2.45 bits per heavy atom. The molecular weight excluding hydrogens is 275 g/mol. The molecule has 0 aliphatic carbocycles. The van der Waals surface area contributed by atoms with Gasteiger partial charge in [0.15, 0.2) is 0 Å². The number of H-pyrrole nitrogens is 1. The molecule has 0 radical (unpaired) electrons. The summed E-state index contributed by atoms with van der Waals surface area (Å²) in [7, 11) is 0. The molecule has 106 valence electrons. The number of hydrogen-bond donors (Lipinski definition) is 2. The maximum atomic E-state index is 12.6. The number of nitrogens with one attached hydrogen (secondary N) is 1. The lowest BCUT2D eigenvalue weighted by molar-refractivity contribution is -0.0884. The maximum absolute atomic E-state index is 12.6. The van der Waals surface area contributed by atoms with Crippen LogP contribution >= 0.6 is 0 Å². The van der Waals surface area contributed by atoms with E-state index >= 15 is 0 Å². The molecule has 0 saturated heterocycles. The van der Waals surface area contributed by atoms with Gasteiger partial charge in [-0.15, -0.1) is 0 Å². The molecule has 0 fully saturated rings. The van der Waals surface area contributed by atoms with Crippen molar-refractivity contribution in [1.29, 1.82) is 0 Å². The summed E-state index contributed by atoms with van der Waals surface area (Å²) in [5.74, 6) is -3.76. The number of Topliss-reactive ketones (excluding diaryl/α,β-unsaturated/α-hetero) is 1. The fourth-order valence-corrected chi connectivity index (χ4v) is 2.00. The number of carbonyl (C=O) groups is 2. The van der Waals surface area contributed by atoms with Crippen LogP contribution in [-0.2, 0) is 6.42 Å². The molecule has 2 aromatic rings. The predicted octanol–water partition coefficient (Wildman–Crippen LogP) is 3.17. The number of aromatic nitrogens is 1. The van der Waals surface area contributed by atoms with E-state index in [-0.39, 0.29) is 10.9 Å². The maximum Gasteiger partial charge on any atom is 0.454 e. The van der Waals surface area contributed by atoms with Crippen LogP contribution in [0.4, 0.5) is 13.2 Å². The molecule has 4 nitrogen and oxygen atoms in total. The molecule has 0 aliphatic rings. The van der Waals surface area contributed by atoms with Crippen LogP contribution in [0.5, 0.6) is 0 Å². The zero-order chi connectivity index (χ0) is 15.1. The van der Waals surface area contributed by atoms with Crippen molar-refractivity contribution in [2.75, 3.05) is 0 Å². The highest BCUT2D eigenvalue weighted by Gasteiger charge is 2.43. The van der Waals surface area contributed by atoms with Gasteiger partial charge in [-0.1, -0.05) is 13.0 Å². The molecule has 0 atom stereocenters. The Balaban J connectivity index is 2.79. The van der Waals surface area contributed by atoms with Crippen LogP contribution < -0.4 is 0 Å². The van der Waals surface area contributed by atoms with E-state index in [1.807, 2.05) is 0 Å². The molecule has 0 bridgehead atoms. The summed E-state index contributed by atoms with van der Waals surface area (Å²) >= 11 is 0. The minimum Gasteiger partial charge on any atom is -0.477 e. The number of rotatable bonds is 3. The summed E-state index contributed by atoms with van der Waals surface area (Å²) in [5.41, 5.74) is -0.678. The fraction of sp³-hybridized carbons (Fsp3) is 0.231. The van der Waals surface area contributed by atoms with E-state index < -0.39 is 29.2 Å². The first-order valence-electron chi connectivity index (χ1n) is 5.75. The summed E-state index contributed by atoms with van der Waals surface area (Å²) in [5, 5.41) is 8.93. The Morgan fingerprint density at radius 1 is 1.30 bits per heavy atom. The first-order chi connectivity index (χ1) is 9.25. The fourth-order valence-electron chi connectivity index (χ4n) is 2.00. The number of aryl methyl sites for hydroxylation is 1. The first-order valence-corrected chi connectivity index (χ1v) is 5.75. The summed E-state index contributed by atoms with van der Waals surface area (Å²) in [6, 6.07) is 4.53. The van der Waals surface area contributed by atoms with Crippen LogP contribution in [0.3, 0.4) is 0 Å². The van der Waals surface area contributed by atoms with Crippen molar-refractivity contribution in [2.45, 2.75) is 19.5 Å². The SMILES string of the molecule is CCc1ccc2[nH]c(C(=O)O)c(C(=O)C(F)(F)F)c2c1. The van der Waals surface area contributed by atoms with Gasteiger partial charge >= 0.3 is 12.1 Å². The van der Waals surface area contributed by atoms with Gasteiger partial charge in [-0.2, -0.15) is 13.2 Å². The summed E-state index contributed by atoms with van der Waals surface area (Å²) in [6.07, 6.45) is -4.56. The van der Waals surface area contributed by atoms with E-state index in [0.717, 1.165) is 0 Å². The first kappa shape index (κ1) is 14.1. The van der Waals surface area contributed by atoms with Crippen molar-refractivity contribution in [3.05, 3.63) is 35.0 Å². The number of carboxylic acid groups (broad SMARTS) is 1. The van der Waals surface area contributed by atoms with Crippen molar-refractivity contribution in [2.24, 2.45) is 0 Å². The molecule has 0 aliphatic heterocycles. The zero-order valence-electron chi connectivity index (χ0n) is 10.3. The van der Waals surface area contributed by atoms with Crippen molar-refractivity contribution in [3.8, 4) is 0 Å². The number of hydrogen-bond acceptors (Lipinski definition) is 2. The highest BCUT2D eigenvalue weighted by Crippen LogP contribution is 2.30. The second-order valence-corrected chi connectivity index (χ2v) is 4.24. The van der Waals surface area contributed by atoms with Crippen molar-refractivity contribution in [3.63, 3.8) is 0 Å². The summed E-state index contributed by atoms with van der Waals surface area (Å²) in [6.45, 7) is 1.80. The average Bonchev–Trinajstić information content (AvgIpc) is 2.74. The van der Waals surface area contributed by atoms with Crippen molar-refractivity contribution < 1.29 is 27.9 Å². The standard InChI is InChI=1S/C13H10F3NO3/c1-2-6-3-4-8-7(5-6)9(10(17-8)12(19)20)11(18)13(14,15)16/h3-5,17H,2H2,1H3,(H,19,20). The zero-order valence-corrected chi connectivity index (χ0v) is 10.3. The van der Waals surface area contributed by atoms with Crippen molar-refractivity contribution >= 4 is 22.7 Å². The van der Waals surface area contributed by atoms with Crippen LogP contribution in [0.15, 0.2) is 18.2 Å². The van der Waals surface area contributed by atoms with Crippen molar-refractivity contribution in [1.82, 2.24) is 4.98 Å². The monoisotopic (exact) mass is 285 g/mol. The van der Waals surface area contributed by atoms with Gasteiger partial charge in [0.05, 0.1) is 5.56 Å². The third-order valence-corrected chi connectivity index (χ3v) is 2.97. The minimum absolute atomic E-state index is 0.0240. The number of benzene rings is 1. The highest BCUT2D eigenvalue weighted by atomic mass is 19.4. The second-order valence-electron chi connectivity index (χ2n) is 4.24. The predicted molar refractivity (Wildman–Crippen MR) is 65.0 cm³/mol. The Bertz CT molecular complexity index is 701. The van der Waals surface area contributed by atoms with Crippen LogP contribution in [0.2, 0.25) is 0 Å². The van der Waals surface area contributed by atoms with E-state index in [9.17, 15) is 22.8 Å². The van der Waals surface area contributed by atoms with Gasteiger partial charge in [-0.25, -0.2) is 4.79 Å². The van der Waals surface area contributed by atoms with Gasteiger partial charge in [0, 0.05) is 10.9 Å². The van der Waals surface area contributed by atoms with Gasteiger partial charge in [0.2, 0.25) is 0 Å². The van der Waals surface area contributed by atoms with Crippen LogP contribution in [-0.4, -0.2) is 28.0 Å². The number of fused-ring (bicyclic) bond motifs is 1. The molecule has 1 aromatic carbocycles. The Hall–Kier alpha value is -2.31. The third-order valence-electron chi connectivity index (χ3n) is 2.97. The topological polar surface area (TPSA) is 70.2 Å². The lowest BCUT2D eigenvalue weighted by Gasteiger charge is -2.05. The molecular formula is C13H10F3NO3. The quantitative estimate of drug-likeness (QED) is 0.851. The Kier molecular flexibility index (Phi) is 3.29. The number of aromatic amines is 1. The number of aromatic carboxylic acids is 1. The Labute approximate surface area is 111 Å². The van der Waals surface area contributed by atoms with Gasteiger partial charge in [0.1, 0.15) is 5.69 Å². The number of halogens is 3. The smallest absolute Gasteiger partial charge is 0.454 e. The summed E-state index contributed by atoms with van der Waals surface area (Å²) in [4.78, 5) is 24.8. The van der Waals surface area contributed by atoms with Crippen LogP contribution in [0.25, 0.3) is 10.9 Å². The number of carboxylic acids is 1. The van der Waals surface area contributed by atoms with E-state index in [4.69, 9.17) is 5.11 Å². The Morgan fingerprint density at radius 2 is 1.95 bits per heavy atom. The van der Waals surface area contributed by atoms with Gasteiger partial charge in [-0.05, 0) is 24.1 Å². The summed E-state index contributed by atoms with van der Waals surface area (Å²) < 4.78 is 37.8. The molecule has 2 N–H and O–H groups in total. The van der Waals surface area contributed by atoms with E-state index in [0.29, 0.717) is 12.0 Å². The molecule has 7 heteroatoms. The molecule has 0 amide bonds. The molecule has 2 rings (SSSR count). The molecule has 0 unspecified atom stereocenters. The number of ketones is 1. The molecule has 20 heavy (non-hydrogen) atoms. The van der Waals surface area contributed by atoms with Crippen LogP contribution in [0, 0.1) is 0 Å². The van der Waals surface area contributed by atoms with Gasteiger partial charge < -0.3 is 10.1 Å². The molecule has 0 spiro atoms. The largest absolute Gasteiger partial charge is 0.477 e.